The van der Waals surface area contributed by atoms with Crippen LogP contribution in [0.3, 0.4) is 0 Å². The van der Waals surface area contributed by atoms with Gasteiger partial charge in [0.15, 0.2) is 0 Å². The normalized spacial score (nSPS) is 8.55. The predicted molar refractivity (Wildman–Crippen MR) is 45.6 cm³/mol. The van der Waals surface area contributed by atoms with Crippen LogP contribution in [0.1, 0.15) is 16.7 Å². The Kier molecular flexibility index (Phi) is 2.12. The summed E-state index contributed by atoms with van der Waals surface area (Å²) in [4.78, 5) is 0. The Morgan fingerprint density at radius 2 is 1.82 bits per heavy atom. The first-order valence-corrected chi connectivity index (χ1v) is 3.40. The van der Waals surface area contributed by atoms with Crippen LogP contribution >= 0.6 is 0 Å². The summed E-state index contributed by atoms with van der Waals surface area (Å²) in [5.41, 5.74) is 2.87. The van der Waals surface area contributed by atoms with Crippen LogP contribution in [-0.4, -0.2) is 0 Å². The van der Waals surface area contributed by atoms with Crippen molar-refractivity contribution in [2.75, 3.05) is 0 Å². The molecule has 0 aliphatic rings. The van der Waals surface area contributed by atoms with Gasteiger partial charge in [0.05, 0.1) is 0 Å². The average molecular weight is 147 g/mol. The van der Waals surface area contributed by atoms with Gasteiger partial charge in [0.1, 0.15) is 5.56 Å². The minimum absolute atomic E-state index is 0.808. The molecule has 0 aromatic heterocycles. The van der Waals surface area contributed by atoms with Gasteiger partial charge >= 0.3 is 6.07 Å². The molecular weight excluding hydrogens is 138 g/mol. The Hall–Kier alpha value is -1.49. The van der Waals surface area contributed by atoms with Crippen LogP contribution in [-0.2, 0) is 0 Å². The predicted octanol–water partition coefficient (Wildman–Crippen LogP) is 2.48. The van der Waals surface area contributed by atoms with E-state index in [2.05, 4.69) is 11.1 Å². The van der Waals surface area contributed by atoms with Crippen molar-refractivity contribution in [3.05, 3.63) is 45.1 Å². The van der Waals surface area contributed by atoms with E-state index in [-0.39, 0.29) is 0 Å². The van der Waals surface area contributed by atoms with E-state index in [4.69, 9.17) is 0 Å². The molecule has 1 rings (SSSR count). The fourth-order valence-corrected chi connectivity index (χ4v) is 1.04. The number of rotatable bonds is 0. The molecule has 0 N–H and O–H groups in total. The molecule has 0 atom stereocenters. The highest BCUT2D eigenvalue weighted by Gasteiger charge is 2.02. The van der Waals surface area contributed by atoms with E-state index in [1.54, 1.807) is 0 Å². The molecule has 1 aromatic rings. The minimum Gasteiger partial charge on any atom is -0.498 e. The van der Waals surface area contributed by atoms with Crippen molar-refractivity contribution in [3.8, 4) is 6.07 Å². The number of hydrogen-bond acceptors (Lipinski definition) is 1. The largest absolute Gasteiger partial charge is 0.498 e. The third-order valence-electron chi connectivity index (χ3n) is 1.64. The Morgan fingerprint density at radius 3 is 2.27 bits per heavy atom. The van der Waals surface area contributed by atoms with Gasteiger partial charge in [-0.3, -0.25) is 0 Å². The smallest absolute Gasteiger partial charge is 0.337 e. The Labute approximate surface area is 65.9 Å². The fourth-order valence-electron chi connectivity index (χ4n) is 1.04. The Bertz CT molecular complexity index is 300. The SMILES string of the molecule is Cc1cccc(C)c1C#[N+][O-]. The lowest BCUT2D eigenvalue weighted by Gasteiger charge is -1.95. The molecule has 0 spiro atoms. The molecule has 0 aliphatic heterocycles. The molecule has 2 heteroatoms. The van der Waals surface area contributed by atoms with Crippen LogP contribution in [0.5, 0.6) is 0 Å². The summed E-state index contributed by atoms with van der Waals surface area (Å²) >= 11 is 0. The summed E-state index contributed by atoms with van der Waals surface area (Å²) in [6, 6.07) is 8.22. The zero-order valence-corrected chi connectivity index (χ0v) is 6.59. The summed E-state index contributed by atoms with van der Waals surface area (Å²) in [5.74, 6) is 0. The first-order chi connectivity index (χ1) is 5.25. The second kappa shape index (κ2) is 3.07. The van der Waals surface area contributed by atoms with E-state index in [0.29, 0.717) is 0 Å². The summed E-state index contributed by atoms with van der Waals surface area (Å²) in [5, 5.41) is 12.5. The third kappa shape index (κ3) is 1.50. The molecule has 0 bridgehead atoms. The van der Waals surface area contributed by atoms with Crippen molar-refractivity contribution in [2.24, 2.45) is 0 Å². The van der Waals surface area contributed by atoms with Gasteiger partial charge in [-0.25, -0.2) is 0 Å². The molecule has 2 nitrogen and oxygen atoms in total. The summed E-state index contributed by atoms with van der Waals surface area (Å²) in [6.07, 6.45) is 0. The fraction of sp³-hybridized carbons (Fsp3) is 0.222. The third-order valence-corrected chi connectivity index (χ3v) is 1.64. The highest BCUT2D eigenvalue weighted by atomic mass is 16.4. The van der Waals surface area contributed by atoms with Crippen LogP contribution in [0.15, 0.2) is 18.2 Å². The lowest BCUT2D eigenvalue weighted by atomic mass is 10.0. The lowest BCUT2D eigenvalue weighted by molar-refractivity contribution is 1.35. The maximum Gasteiger partial charge on any atom is 0.337 e. The molecule has 0 saturated carbocycles. The van der Waals surface area contributed by atoms with Crippen molar-refractivity contribution < 1.29 is 0 Å². The summed E-state index contributed by atoms with van der Waals surface area (Å²) < 4.78 is 0. The topological polar surface area (TPSA) is 27.4 Å². The molecule has 0 unspecified atom stereocenters. The number of benzene rings is 1. The van der Waals surface area contributed by atoms with Gasteiger partial charge in [-0.15, -0.1) is 0 Å². The number of nitrogens with zero attached hydrogens (tertiary/aromatic N) is 1. The second-order valence-electron chi connectivity index (χ2n) is 2.47. The molecular formula is C9H9NO. The molecule has 0 fully saturated rings. The van der Waals surface area contributed by atoms with E-state index in [9.17, 15) is 5.21 Å². The van der Waals surface area contributed by atoms with Crippen molar-refractivity contribution in [2.45, 2.75) is 13.8 Å². The zero-order valence-electron chi connectivity index (χ0n) is 6.59. The molecule has 0 heterocycles. The van der Waals surface area contributed by atoms with Gasteiger partial charge in [0.25, 0.3) is 0 Å². The molecule has 11 heavy (non-hydrogen) atoms. The molecule has 0 radical (unpaired) electrons. The van der Waals surface area contributed by atoms with Crippen molar-refractivity contribution in [1.29, 1.82) is 0 Å². The van der Waals surface area contributed by atoms with E-state index in [1.807, 2.05) is 32.0 Å². The van der Waals surface area contributed by atoms with Crippen LogP contribution in [0.2, 0.25) is 0 Å². The Morgan fingerprint density at radius 1 is 1.27 bits per heavy atom. The van der Waals surface area contributed by atoms with E-state index in [1.165, 1.54) is 0 Å². The second-order valence-corrected chi connectivity index (χ2v) is 2.47. The highest BCUT2D eigenvalue weighted by Crippen LogP contribution is 2.11. The molecule has 56 valence electrons. The van der Waals surface area contributed by atoms with Gasteiger partial charge in [-0.1, -0.05) is 18.2 Å². The first-order valence-electron chi connectivity index (χ1n) is 3.40. The highest BCUT2D eigenvalue weighted by molar-refractivity contribution is 5.44. The zero-order chi connectivity index (χ0) is 8.27. The van der Waals surface area contributed by atoms with Gasteiger partial charge < -0.3 is 5.21 Å². The monoisotopic (exact) mass is 147 g/mol. The van der Waals surface area contributed by atoms with E-state index >= 15 is 0 Å². The number of aryl methyl sites for hydroxylation is 2. The average Bonchev–Trinajstić information content (AvgIpc) is 1.97. The van der Waals surface area contributed by atoms with Gasteiger partial charge in [-0.05, 0) is 25.0 Å². The molecule has 1 aromatic carbocycles. The van der Waals surface area contributed by atoms with Crippen LogP contribution < -0.4 is 0 Å². The quantitative estimate of drug-likeness (QED) is 0.518. The minimum atomic E-state index is 0.808. The van der Waals surface area contributed by atoms with Crippen molar-refractivity contribution >= 4 is 0 Å². The van der Waals surface area contributed by atoms with Crippen LogP contribution in [0.25, 0.3) is 5.01 Å². The number of hydrogen-bond donors (Lipinski definition) is 0. The maximum absolute atomic E-state index is 9.92. The standard InChI is InChI=1S/C9H9NO/c1-7-4-3-5-8(2)9(7)6-10-11/h3-5H,1-2H3. The van der Waals surface area contributed by atoms with E-state index in [0.717, 1.165) is 16.7 Å². The molecule has 0 amide bonds. The maximum atomic E-state index is 9.92. The first kappa shape index (κ1) is 7.62. The molecule has 0 saturated heterocycles. The Balaban J connectivity index is 3.28. The van der Waals surface area contributed by atoms with Gasteiger partial charge in [-0.2, -0.15) is 0 Å². The van der Waals surface area contributed by atoms with Crippen molar-refractivity contribution in [1.82, 2.24) is 0 Å². The van der Waals surface area contributed by atoms with Crippen molar-refractivity contribution in [3.63, 3.8) is 0 Å². The van der Waals surface area contributed by atoms with Crippen LogP contribution in [0.4, 0.5) is 0 Å². The van der Waals surface area contributed by atoms with Gasteiger partial charge in [0.2, 0.25) is 0 Å². The summed E-state index contributed by atoms with van der Waals surface area (Å²) in [6.45, 7) is 3.86. The van der Waals surface area contributed by atoms with Crippen LogP contribution in [0, 0.1) is 25.1 Å². The lowest BCUT2D eigenvalue weighted by Crippen LogP contribution is -1.85. The van der Waals surface area contributed by atoms with Gasteiger partial charge in [0, 0.05) is 5.01 Å². The van der Waals surface area contributed by atoms with E-state index < -0.39 is 0 Å². The summed E-state index contributed by atoms with van der Waals surface area (Å²) in [7, 11) is 0. The molecule has 0 aliphatic carbocycles.